The molecule has 0 aromatic heterocycles. The monoisotopic (exact) mass is 302 g/mol. The number of methoxy groups -OCH3 is 1. The van der Waals surface area contributed by atoms with Crippen molar-refractivity contribution in [3.05, 3.63) is 35.4 Å². The van der Waals surface area contributed by atoms with Gasteiger partial charge in [0.1, 0.15) is 0 Å². The first-order valence-corrected chi connectivity index (χ1v) is 7.78. The molecular formula is C17H22N2O3. The second-order valence-electron chi connectivity index (χ2n) is 6.17. The molecule has 118 valence electrons. The first kappa shape index (κ1) is 15.0. The van der Waals surface area contributed by atoms with Crippen molar-refractivity contribution < 1.29 is 14.3 Å². The standard InChI is InChI=1S/C17H22N2O3/c1-18(15-9-10-19(16(15)20)14-7-8-14)11-12-3-5-13(6-4-12)17(21)22-2/h3-6,14-15H,7-11H2,1-2H3/t15-/m0/s1. The van der Waals surface area contributed by atoms with Crippen LogP contribution in [0.15, 0.2) is 24.3 Å². The fourth-order valence-electron chi connectivity index (χ4n) is 3.11. The highest BCUT2D eigenvalue weighted by Crippen LogP contribution is 2.32. The second kappa shape index (κ2) is 6.08. The molecule has 1 saturated carbocycles. The zero-order chi connectivity index (χ0) is 15.7. The van der Waals surface area contributed by atoms with Gasteiger partial charge in [0.05, 0.1) is 18.7 Å². The molecule has 1 saturated heterocycles. The normalized spacial score (nSPS) is 21.5. The summed E-state index contributed by atoms with van der Waals surface area (Å²) >= 11 is 0. The average Bonchev–Trinajstić information content (AvgIpc) is 3.29. The Labute approximate surface area is 130 Å². The molecule has 1 aromatic carbocycles. The van der Waals surface area contributed by atoms with Crippen LogP contribution in [0.3, 0.4) is 0 Å². The number of carbonyl (C=O) groups is 2. The number of nitrogens with zero attached hydrogens (tertiary/aromatic N) is 2. The molecule has 2 aliphatic rings. The lowest BCUT2D eigenvalue weighted by Gasteiger charge is -2.23. The molecule has 22 heavy (non-hydrogen) atoms. The highest BCUT2D eigenvalue weighted by atomic mass is 16.5. The maximum absolute atomic E-state index is 12.4. The molecule has 5 heteroatoms. The lowest BCUT2D eigenvalue weighted by Crippen LogP contribution is -2.39. The topological polar surface area (TPSA) is 49.9 Å². The van der Waals surface area contributed by atoms with Crippen LogP contribution < -0.4 is 0 Å². The summed E-state index contributed by atoms with van der Waals surface area (Å²) in [6, 6.07) is 7.86. The average molecular weight is 302 g/mol. The van der Waals surface area contributed by atoms with Crippen LogP contribution in [0.1, 0.15) is 35.2 Å². The minimum absolute atomic E-state index is 0.0131. The van der Waals surface area contributed by atoms with E-state index in [9.17, 15) is 9.59 Å². The summed E-state index contributed by atoms with van der Waals surface area (Å²) in [4.78, 5) is 28.0. The molecule has 1 atom stereocenters. The van der Waals surface area contributed by atoms with E-state index in [1.165, 1.54) is 7.11 Å². The highest BCUT2D eigenvalue weighted by Gasteiger charge is 2.41. The Morgan fingerprint density at radius 1 is 1.27 bits per heavy atom. The van der Waals surface area contributed by atoms with Crippen LogP contribution in [-0.4, -0.2) is 54.5 Å². The SMILES string of the molecule is COC(=O)c1ccc(CN(C)[C@H]2CCN(C3CC3)C2=O)cc1. The van der Waals surface area contributed by atoms with Gasteiger partial charge < -0.3 is 9.64 Å². The number of likely N-dealkylation sites (tertiary alicyclic amines) is 1. The predicted molar refractivity (Wildman–Crippen MR) is 82.4 cm³/mol. The third kappa shape index (κ3) is 2.99. The number of benzene rings is 1. The van der Waals surface area contributed by atoms with Gasteiger partial charge in [0, 0.05) is 19.1 Å². The molecule has 0 bridgehead atoms. The summed E-state index contributed by atoms with van der Waals surface area (Å²) in [6.07, 6.45) is 3.24. The van der Waals surface area contributed by atoms with Gasteiger partial charge in [-0.15, -0.1) is 0 Å². The van der Waals surface area contributed by atoms with Crippen LogP contribution in [0.2, 0.25) is 0 Å². The van der Waals surface area contributed by atoms with Gasteiger partial charge in [-0.25, -0.2) is 4.79 Å². The van der Waals surface area contributed by atoms with Gasteiger partial charge in [-0.3, -0.25) is 9.69 Å². The number of hydrogen-bond acceptors (Lipinski definition) is 4. The molecule has 2 fully saturated rings. The number of hydrogen-bond donors (Lipinski definition) is 0. The quantitative estimate of drug-likeness (QED) is 0.776. The highest BCUT2D eigenvalue weighted by molar-refractivity contribution is 5.89. The number of amides is 1. The number of esters is 1. The van der Waals surface area contributed by atoms with Crippen LogP contribution in [0, 0.1) is 0 Å². The Kier molecular flexibility index (Phi) is 4.16. The van der Waals surface area contributed by atoms with Crippen molar-refractivity contribution in [2.24, 2.45) is 0 Å². The van der Waals surface area contributed by atoms with Crippen LogP contribution in [0.5, 0.6) is 0 Å². The van der Waals surface area contributed by atoms with E-state index in [4.69, 9.17) is 4.74 Å². The van der Waals surface area contributed by atoms with Gasteiger partial charge in [0.15, 0.2) is 0 Å². The van der Waals surface area contributed by atoms with Gasteiger partial charge >= 0.3 is 5.97 Å². The van der Waals surface area contributed by atoms with E-state index in [1.807, 2.05) is 24.1 Å². The third-order valence-corrected chi connectivity index (χ3v) is 4.54. The molecule has 0 unspecified atom stereocenters. The Bertz CT molecular complexity index is 566. The van der Waals surface area contributed by atoms with Crippen LogP contribution >= 0.6 is 0 Å². The minimum atomic E-state index is -0.328. The van der Waals surface area contributed by atoms with Gasteiger partial charge in [-0.2, -0.15) is 0 Å². The van der Waals surface area contributed by atoms with Crippen molar-refractivity contribution >= 4 is 11.9 Å². The molecule has 1 heterocycles. The lowest BCUT2D eigenvalue weighted by atomic mass is 10.1. The molecule has 0 N–H and O–H groups in total. The van der Waals surface area contributed by atoms with Crippen molar-refractivity contribution in [3.8, 4) is 0 Å². The molecular weight excluding hydrogens is 280 g/mol. The van der Waals surface area contributed by atoms with E-state index >= 15 is 0 Å². The zero-order valence-electron chi connectivity index (χ0n) is 13.1. The number of likely N-dealkylation sites (N-methyl/N-ethyl adjacent to an activating group) is 1. The van der Waals surface area contributed by atoms with Gasteiger partial charge in [-0.05, 0) is 44.0 Å². The predicted octanol–water partition coefficient (Wildman–Crippen LogP) is 1.67. The van der Waals surface area contributed by atoms with Crippen LogP contribution in [0.4, 0.5) is 0 Å². The summed E-state index contributed by atoms with van der Waals surface area (Å²) in [5.41, 5.74) is 1.64. The summed E-state index contributed by atoms with van der Waals surface area (Å²) in [5, 5.41) is 0. The van der Waals surface area contributed by atoms with Gasteiger partial charge in [-0.1, -0.05) is 12.1 Å². The van der Waals surface area contributed by atoms with Crippen molar-refractivity contribution in [3.63, 3.8) is 0 Å². The smallest absolute Gasteiger partial charge is 0.337 e. The molecule has 1 amide bonds. The van der Waals surface area contributed by atoms with Gasteiger partial charge in [0.2, 0.25) is 5.91 Å². The number of carbonyl (C=O) groups excluding carboxylic acids is 2. The Hall–Kier alpha value is -1.88. The molecule has 0 radical (unpaired) electrons. The fourth-order valence-corrected chi connectivity index (χ4v) is 3.11. The summed E-state index contributed by atoms with van der Waals surface area (Å²) in [7, 11) is 3.37. The van der Waals surface area contributed by atoms with Gasteiger partial charge in [0.25, 0.3) is 0 Å². The van der Waals surface area contributed by atoms with E-state index in [0.29, 0.717) is 18.2 Å². The first-order valence-electron chi connectivity index (χ1n) is 7.78. The third-order valence-electron chi connectivity index (χ3n) is 4.54. The summed E-state index contributed by atoms with van der Waals surface area (Å²) in [5.74, 6) is -0.0536. The number of rotatable bonds is 5. The number of ether oxygens (including phenoxy) is 1. The maximum Gasteiger partial charge on any atom is 0.337 e. The Morgan fingerprint density at radius 3 is 2.55 bits per heavy atom. The molecule has 3 rings (SSSR count). The Balaban J connectivity index is 1.60. The van der Waals surface area contributed by atoms with E-state index in [2.05, 4.69) is 4.90 Å². The van der Waals surface area contributed by atoms with E-state index < -0.39 is 0 Å². The lowest BCUT2D eigenvalue weighted by molar-refractivity contribution is -0.132. The first-order chi connectivity index (χ1) is 10.6. The molecule has 1 aromatic rings. The van der Waals surface area contributed by atoms with Crippen LogP contribution in [-0.2, 0) is 16.1 Å². The second-order valence-corrected chi connectivity index (χ2v) is 6.17. The molecule has 1 aliphatic heterocycles. The van der Waals surface area contributed by atoms with E-state index in [1.54, 1.807) is 12.1 Å². The fraction of sp³-hybridized carbons (Fsp3) is 0.529. The largest absolute Gasteiger partial charge is 0.465 e. The Morgan fingerprint density at radius 2 is 1.95 bits per heavy atom. The molecule has 1 aliphatic carbocycles. The molecule has 0 spiro atoms. The summed E-state index contributed by atoms with van der Waals surface area (Å²) in [6.45, 7) is 1.59. The van der Waals surface area contributed by atoms with Crippen LogP contribution in [0.25, 0.3) is 0 Å². The van der Waals surface area contributed by atoms with E-state index in [0.717, 1.165) is 31.4 Å². The maximum atomic E-state index is 12.4. The summed E-state index contributed by atoms with van der Waals surface area (Å²) < 4.78 is 4.69. The van der Waals surface area contributed by atoms with E-state index in [-0.39, 0.29) is 17.9 Å². The van der Waals surface area contributed by atoms with Crippen molar-refractivity contribution in [1.82, 2.24) is 9.80 Å². The van der Waals surface area contributed by atoms with Crippen molar-refractivity contribution in [1.29, 1.82) is 0 Å². The molecule has 5 nitrogen and oxygen atoms in total. The van der Waals surface area contributed by atoms with Crippen molar-refractivity contribution in [2.45, 2.75) is 37.9 Å². The van der Waals surface area contributed by atoms with Crippen molar-refractivity contribution in [2.75, 3.05) is 20.7 Å². The zero-order valence-corrected chi connectivity index (χ0v) is 13.1. The minimum Gasteiger partial charge on any atom is -0.465 e.